The van der Waals surface area contributed by atoms with Gasteiger partial charge in [0.15, 0.2) is 0 Å². The maximum Gasteiger partial charge on any atom is 0.284 e. The van der Waals surface area contributed by atoms with Crippen molar-refractivity contribution in [1.82, 2.24) is 5.32 Å². The molecule has 1 fully saturated rings. The second-order valence-electron chi connectivity index (χ2n) is 6.94. The molecule has 0 atom stereocenters. The molecule has 1 aliphatic rings. The molecule has 1 aliphatic carbocycles. The number of nitro benzene ring substituents is 1. The van der Waals surface area contributed by atoms with E-state index in [-0.39, 0.29) is 36.1 Å². The number of halogens is 1. The maximum absolute atomic E-state index is 12.5. The van der Waals surface area contributed by atoms with Crippen molar-refractivity contribution in [2.75, 3.05) is 0 Å². The minimum Gasteiger partial charge on any atom is -0.349 e. The second kappa shape index (κ2) is 9.91. The van der Waals surface area contributed by atoms with Crippen LogP contribution in [0.1, 0.15) is 41.6 Å². The summed E-state index contributed by atoms with van der Waals surface area (Å²) in [5, 5.41) is 14.5. The van der Waals surface area contributed by atoms with Crippen LogP contribution in [0.4, 0.5) is 5.69 Å². The lowest BCUT2D eigenvalue weighted by molar-refractivity contribution is -0.387. The van der Waals surface area contributed by atoms with Crippen molar-refractivity contribution in [3.8, 4) is 0 Å². The molecular formula is C20H24ClN3O3S. The highest BCUT2D eigenvalue weighted by atomic mass is 35.5. The van der Waals surface area contributed by atoms with Gasteiger partial charge in [0.2, 0.25) is 0 Å². The summed E-state index contributed by atoms with van der Waals surface area (Å²) in [5.41, 5.74) is 7.27. The van der Waals surface area contributed by atoms with Gasteiger partial charge in [0, 0.05) is 28.6 Å². The Kier molecular flexibility index (Phi) is 7.86. The summed E-state index contributed by atoms with van der Waals surface area (Å²) < 4.78 is 0. The van der Waals surface area contributed by atoms with E-state index in [1.165, 1.54) is 17.8 Å². The van der Waals surface area contributed by atoms with Crippen molar-refractivity contribution in [1.29, 1.82) is 0 Å². The number of aryl methyl sites for hydroxylation is 1. The molecule has 2 aromatic carbocycles. The van der Waals surface area contributed by atoms with Crippen molar-refractivity contribution in [2.45, 2.75) is 54.5 Å². The van der Waals surface area contributed by atoms with E-state index in [9.17, 15) is 14.9 Å². The molecule has 0 spiro atoms. The van der Waals surface area contributed by atoms with Gasteiger partial charge in [0.25, 0.3) is 11.6 Å². The van der Waals surface area contributed by atoms with Gasteiger partial charge >= 0.3 is 0 Å². The first-order valence-corrected chi connectivity index (χ1v) is 9.83. The normalized spacial score (nSPS) is 18.8. The van der Waals surface area contributed by atoms with Crippen molar-refractivity contribution < 1.29 is 9.72 Å². The smallest absolute Gasteiger partial charge is 0.284 e. The van der Waals surface area contributed by atoms with Crippen molar-refractivity contribution in [3.05, 3.63) is 63.7 Å². The molecule has 0 unspecified atom stereocenters. The minimum absolute atomic E-state index is 0. The Morgan fingerprint density at radius 2 is 1.79 bits per heavy atom. The van der Waals surface area contributed by atoms with E-state index in [2.05, 4.69) is 5.32 Å². The van der Waals surface area contributed by atoms with E-state index < -0.39 is 4.92 Å². The van der Waals surface area contributed by atoms with Crippen LogP contribution < -0.4 is 11.1 Å². The minimum atomic E-state index is -0.438. The molecule has 8 heteroatoms. The van der Waals surface area contributed by atoms with E-state index in [4.69, 9.17) is 5.73 Å². The van der Waals surface area contributed by atoms with Gasteiger partial charge < -0.3 is 11.1 Å². The van der Waals surface area contributed by atoms with Gasteiger partial charge in [0.1, 0.15) is 0 Å². The fraction of sp³-hybridized carbons (Fsp3) is 0.350. The summed E-state index contributed by atoms with van der Waals surface area (Å²) in [4.78, 5) is 25.0. The van der Waals surface area contributed by atoms with Crippen LogP contribution in [-0.4, -0.2) is 22.9 Å². The van der Waals surface area contributed by atoms with Gasteiger partial charge in [0.05, 0.1) is 9.82 Å². The number of rotatable bonds is 5. The topological polar surface area (TPSA) is 98.3 Å². The molecule has 0 heterocycles. The number of carbonyl (C=O) groups excluding carboxylic acids is 1. The van der Waals surface area contributed by atoms with Crippen LogP contribution in [-0.2, 0) is 0 Å². The Hall–Kier alpha value is -2.09. The lowest BCUT2D eigenvalue weighted by Gasteiger charge is -2.26. The summed E-state index contributed by atoms with van der Waals surface area (Å²) >= 11 is 1.32. The van der Waals surface area contributed by atoms with Crippen molar-refractivity contribution in [3.63, 3.8) is 0 Å². The Balaban J connectivity index is 0.00000280. The molecule has 150 valence electrons. The molecule has 0 aliphatic heterocycles. The van der Waals surface area contributed by atoms with Crippen LogP contribution in [0.15, 0.2) is 52.3 Å². The first-order chi connectivity index (χ1) is 12.9. The number of hydrogen-bond donors (Lipinski definition) is 2. The van der Waals surface area contributed by atoms with Crippen molar-refractivity contribution in [2.24, 2.45) is 5.73 Å². The molecule has 1 saturated carbocycles. The molecule has 0 saturated heterocycles. The third-order valence-electron chi connectivity index (χ3n) is 4.77. The first kappa shape index (κ1) is 22.2. The second-order valence-corrected chi connectivity index (χ2v) is 8.06. The predicted octanol–water partition coefficient (Wildman–Crippen LogP) is 4.48. The van der Waals surface area contributed by atoms with Crippen molar-refractivity contribution >= 4 is 35.8 Å². The van der Waals surface area contributed by atoms with E-state index in [0.717, 1.165) is 36.1 Å². The van der Waals surface area contributed by atoms with Crippen LogP contribution in [0, 0.1) is 17.0 Å². The van der Waals surface area contributed by atoms with Crippen LogP contribution in [0.25, 0.3) is 0 Å². The summed E-state index contributed by atoms with van der Waals surface area (Å²) in [6.07, 6.45) is 3.46. The largest absolute Gasteiger partial charge is 0.349 e. The van der Waals surface area contributed by atoms with E-state index in [1.807, 2.05) is 31.2 Å². The third kappa shape index (κ3) is 5.70. The van der Waals surface area contributed by atoms with Crippen LogP contribution >= 0.6 is 24.2 Å². The number of carbonyl (C=O) groups is 1. The van der Waals surface area contributed by atoms with Crippen LogP contribution in [0.3, 0.4) is 0 Å². The number of nitro groups is 1. The molecule has 3 N–H and O–H groups in total. The van der Waals surface area contributed by atoms with Gasteiger partial charge in [-0.3, -0.25) is 14.9 Å². The summed E-state index contributed by atoms with van der Waals surface area (Å²) in [5.74, 6) is -0.273. The Morgan fingerprint density at radius 1 is 1.14 bits per heavy atom. The standard InChI is InChI=1S/C20H23N3O3S.ClH/c1-13-2-9-17(10-3-13)27-19-11-4-14(12-18(19)23(25)26)20(24)22-16-7-5-15(21)6-8-16;/h2-4,9-12,15-16H,5-8,21H2,1H3,(H,22,24);1H. The lowest BCUT2D eigenvalue weighted by Crippen LogP contribution is -2.40. The maximum atomic E-state index is 12.5. The molecule has 3 rings (SSSR count). The van der Waals surface area contributed by atoms with E-state index >= 15 is 0 Å². The summed E-state index contributed by atoms with van der Waals surface area (Å²) in [6, 6.07) is 12.7. The molecular weight excluding hydrogens is 398 g/mol. The number of nitrogens with two attached hydrogens (primary N) is 1. The highest BCUT2D eigenvalue weighted by Crippen LogP contribution is 2.35. The lowest BCUT2D eigenvalue weighted by atomic mass is 9.91. The average molecular weight is 422 g/mol. The third-order valence-corrected chi connectivity index (χ3v) is 5.85. The number of hydrogen-bond acceptors (Lipinski definition) is 5. The zero-order valence-corrected chi connectivity index (χ0v) is 17.2. The molecule has 0 radical (unpaired) electrons. The van der Waals surface area contributed by atoms with Gasteiger partial charge in [-0.25, -0.2) is 0 Å². The number of amides is 1. The van der Waals surface area contributed by atoms with Crippen LogP contribution in [0.2, 0.25) is 0 Å². The molecule has 6 nitrogen and oxygen atoms in total. The van der Waals surface area contributed by atoms with E-state index in [1.54, 1.807) is 12.1 Å². The zero-order valence-electron chi connectivity index (χ0n) is 15.6. The molecule has 1 amide bonds. The molecule has 28 heavy (non-hydrogen) atoms. The SMILES string of the molecule is Cc1ccc(Sc2ccc(C(=O)NC3CCC(N)CC3)cc2[N+](=O)[O-])cc1.Cl. The highest BCUT2D eigenvalue weighted by Gasteiger charge is 2.23. The Labute approximate surface area is 174 Å². The Morgan fingerprint density at radius 3 is 2.39 bits per heavy atom. The average Bonchev–Trinajstić information content (AvgIpc) is 2.65. The fourth-order valence-corrected chi connectivity index (χ4v) is 4.05. The van der Waals surface area contributed by atoms with Gasteiger partial charge in [-0.2, -0.15) is 0 Å². The Bertz CT molecular complexity index is 837. The first-order valence-electron chi connectivity index (χ1n) is 9.02. The summed E-state index contributed by atoms with van der Waals surface area (Å²) in [7, 11) is 0. The van der Waals surface area contributed by atoms with E-state index in [0.29, 0.717) is 10.5 Å². The number of benzene rings is 2. The highest BCUT2D eigenvalue weighted by molar-refractivity contribution is 7.99. The van der Waals surface area contributed by atoms with Gasteiger partial charge in [-0.15, -0.1) is 12.4 Å². The van der Waals surface area contributed by atoms with Gasteiger partial charge in [-0.05, 0) is 56.9 Å². The molecule has 2 aromatic rings. The number of nitrogens with zero attached hydrogens (tertiary/aromatic N) is 1. The monoisotopic (exact) mass is 421 g/mol. The zero-order chi connectivity index (χ0) is 19.4. The quantitative estimate of drug-likeness (QED) is 0.548. The number of nitrogens with one attached hydrogen (secondary N) is 1. The van der Waals surface area contributed by atoms with Crippen LogP contribution in [0.5, 0.6) is 0 Å². The molecule has 0 bridgehead atoms. The fourth-order valence-electron chi connectivity index (χ4n) is 3.15. The predicted molar refractivity (Wildman–Crippen MR) is 113 cm³/mol. The summed E-state index contributed by atoms with van der Waals surface area (Å²) in [6.45, 7) is 1.99. The molecule has 0 aromatic heterocycles. The van der Waals surface area contributed by atoms with Gasteiger partial charge in [-0.1, -0.05) is 29.5 Å².